The molecule has 2 rings (SSSR count). The Balaban J connectivity index is 2.35. The molecule has 1 heterocycles. The van der Waals surface area contributed by atoms with Gasteiger partial charge >= 0.3 is 5.97 Å². The van der Waals surface area contributed by atoms with E-state index in [9.17, 15) is 4.79 Å². The van der Waals surface area contributed by atoms with Gasteiger partial charge in [0.1, 0.15) is 0 Å². The van der Waals surface area contributed by atoms with Gasteiger partial charge in [-0.15, -0.1) is 0 Å². The molecular weight excluding hydrogens is 204 g/mol. The van der Waals surface area contributed by atoms with E-state index in [0.29, 0.717) is 0 Å². The molecule has 0 spiro atoms. The summed E-state index contributed by atoms with van der Waals surface area (Å²) in [6, 6.07) is 8.86. The van der Waals surface area contributed by atoms with Crippen LogP contribution in [-0.2, 0) is 4.79 Å². The molecule has 0 fully saturated rings. The number of aliphatic carboxylic acids is 1. The Morgan fingerprint density at radius 3 is 3.00 bits per heavy atom. The van der Waals surface area contributed by atoms with Crippen LogP contribution in [0.1, 0.15) is 18.0 Å². The third-order valence-electron chi connectivity index (χ3n) is 2.45. The monoisotopic (exact) mass is 216 g/mol. The van der Waals surface area contributed by atoms with Crippen LogP contribution in [-0.4, -0.2) is 16.1 Å². The summed E-state index contributed by atoms with van der Waals surface area (Å²) in [5, 5.41) is 9.64. The number of pyridine rings is 1. The molecule has 4 heteroatoms. The summed E-state index contributed by atoms with van der Waals surface area (Å²) in [5.74, 6) is -0.890. The number of carboxylic acid groups (broad SMARTS) is 1. The fraction of sp³-hybridized carbons (Fsp3) is 0.167. The van der Waals surface area contributed by atoms with Crippen LogP contribution in [0, 0.1) is 0 Å². The van der Waals surface area contributed by atoms with Crippen molar-refractivity contribution < 1.29 is 9.90 Å². The summed E-state index contributed by atoms with van der Waals surface area (Å²) in [5.41, 5.74) is 7.49. The molecule has 4 nitrogen and oxygen atoms in total. The average molecular weight is 216 g/mol. The average Bonchev–Trinajstić information content (AvgIpc) is 2.27. The first-order chi connectivity index (χ1) is 7.66. The second-order valence-corrected chi connectivity index (χ2v) is 3.66. The van der Waals surface area contributed by atoms with E-state index < -0.39 is 12.0 Å². The van der Waals surface area contributed by atoms with E-state index in [0.717, 1.165) is 16.5 Å². The summed E-state index contributed by atoms with van der Waals surface area (Å²) in [6.45, 7) is 0. The molecule has 1 aromatic carbocycles. The number of nitrogens with zero attached hydrogens (tertiary/aromatic N) is 1. The van der Waals surface area contributed by atoms with Gasteiger partial charge in [0.25, 0.3) is 0 Å². The Morgan fingerprint density at radius 2 is 2.25 bits per heavy atom. The topological polar surface area (TPSA) is 76.2 Å². The third kappa shape index (κ3) is 2.17. The Bertz CT molecular complexity index is 525. The number of fused-ring (bicyclic) bond motifs is 1. The molecular formula is C12H12N2O2. The molecule has 0 aliphatic carbocycles. The molecule has 0 aliphatic rings. The predicted molar refractivity (Wildman–Crippen MR) is 60.9 cm³/mol. The molecule has 0 aliphatic heterocycles. The largest absolute Gasteiger partial charge is 0.481 e. The number of carbonyl (C=O) groups is 1. The number of aromatic nitrogens is 1. The number of nitrogens with two attached hydrogens (primary N) is 1. The molecule has 82 valence electrons. The van der Waals surface area contributed by atoms with Crippen LogP contribution in [0.3, 0.4) is 0 Å². The zero-order valence-corrected chi connectivity index (χ0v) is 8.63. The van der Waals surface area contributed by atoms with Crippen molar-refractivity contribution >= 4 is 16.9 Å². The van der Waals surface area contributed by atoms with Gasteiger partial charge in [0, 0.05) is 17.6 Å². The number of benzene rings is 1. The lowest BCUT2D eigenvalue weighted by molar-refractivity contribution is -0.137. The first kappa shape index (κ1) is 10.6. The highest BCUT2D eigenvalue weighted by molar-refractivity contribution is 5.79. The van der Waals surface area contributed by atoms with Gasteiger partial charge in [-0.1, -0.05) is 12.1 Å². The van der Waals surface area contributed by atoms with Crippen molar-refractivity contribution in [2.75, 3.05) is 0 Å². The summed E-state index contributed by atoms with van der Waals surface area (Å²) in [7, 11) is 0. The highest BCUT2D eigenvalue weighted by Crippen LogP contribution is 2.19. The maximum atomic E-state index is 10.6. The second-order valence-electron chi connectivity index (χ2n) is 3.66. The molecule has 1 aromatic heterocycles. The molecule has 0 radical (unpaired) electrons. The quantitative estimate of drug-likeness (QED) is 0.818. The molecule has 0 bridgehead atoms. The first-order valence-corrected chi connectivity index (χ1v) is 4.99. The van der Waals surface area contributed by atoms with Gasteiger partial charge in [0.15, 0.2) is 0 Å². The summed E-state index contributed by atoms with van der Waals surface area (Å²) in [4.78, 5) is 14.7. The van der Waals surface area contributed by atoms with Crippen LogP contribution < -0.4 is 5.73 Å². The number of rotatable bonds is 3. The van der Waals surface area contributed by atoms with E-state index in [1.54, 1.807) is 6.20 Å². The van der Waals surface area contributed by atoms with Gasteiger partial charge in [-0.2, -0.15) is 0 Å². The standard InChI is InChI=1S/C12H12N2O2/c13-10(7-12(15)16)8-3-4-11-9(6-8)2-1-5-14-11/h1-6,10H,7,13H2,(H,15,16). The van der Waals surface area contributed by atoms with Crippen LogP contribution in [0.4, 0.5) is 0 Å². The van der Waals surface area contributed by atoms with Crippen molar-refractivity contribution in [3.8, 4) is 0 Å². The predicted octanol–water partition coefficient (Wildman–Crippen LogP) is 1.71. The Labute approximate surface area is 92.7 Å². The summed E-state index contributed by atoms with van der Waals surface area (Å²) < 4.78 is 0. The maximum Gasteiger partial charge on any atom is 0.305 e. The van der Waals surface area contributed by atoms with Crippen LogP contribution in [0.25, 0.3) is 10.9 Å². The van der Waals surface area contributed by atoms with Crippen LogP contribution >= 0.6 is 0 Å². The van der Waals surface area contributed by atoms with Crippen molar-refractivity contribution in [3.05, 3.63) is 42.1 Å². The molecule has 3 N–H and O–H groups in total. The van der Waals surface area contributed by atoms with Crippen LogP contribution in [0.2, 0.25) is 0 Å². The smallest absolute Gasteiger partial charge is 0.305 e. The number of hydrogen-bond donors (Lipinski definition) is 2. The summed E-state index contributed by atoms with van der Waals surface area (Å²) in [6.07, 6.45) is 1.66. The van der Waals surface area contributed by atoms with E-state index >= 15 is 0 Å². The van der Waals surface area contributed by atoms with Crippen LogP contribution in [0.5, 0.6) is 0 Å². The maximum absolute atomic E-state index is 10.6. The summed E-state index contributed by atoms with van der Waals surface area (Å²) >= 11 is 0. The molecule has 0 saturated carbocycles. The van der Waals surface area contributed by atoms with E-state index in [-0.39, 0.29) is 6.42 Å². The lowest BCUT2D eigenvalue weighted by Gasteiger charge is -2.09. The second kappa shape index (κ2) is 4.28. The fourth-order valence-corrected chi connectivity index (χ4v) is 1.63. The Morgan fingerprint density at radius 1 is 1.44 bits per heavy atom. The van der Waals surface area contributed by atoms with Crippen molar-refractivity contribution in [2.45, 2.75) is 12.5 Å². The zero-order valence-electron chi connectivity index (χ0n) is 8.63. The normalized spacial score (nSPS) is 12.6. The third-order valence-corrected chi connectivity index (χ3v) is 2.45. The first-order valence-electron chi connectivity index (χ1n) is 4.99. The lowest BCUT2D eigenvalue weighted by atomic mass is 10.0. The van der Waals surface area contributed by atoms with E-state index in [4.69, 9.17) is 10.8 Å². The number of carboxylic acids is 1. The molecule has 1 unspecified atom stereocenters. The Hall–Kier alpha value is -1.94. The minimum atomic E-state index is -0.890. The molecule has 0 amide bonds. The molecule has 0 saturated heterocycles. The van der Waals surface area contributed by atoms with Crippen molar-refractivity contribution in [2.24, 2.45) is 5.73 Å². The Kier molecular flexibility index (Phi) is 2.83. The SMILES string of the molecule is NC(CC(=O)O)c1ccc2ncccc2c1. The fourth-order valence-electron chi connectivity index (χ4n) is 1.63. The molecule has 2 aromatic rings. The van der Waals surface area contributed by atoms with Gasteiger partial charge in [-0.25, -0.2) is 0 Å². The van der Waals surface area contributed by atoms with E-state index in [1.807, 2.05) is 30.3 Å². The van der Waals surface area contributed by atoms with E-state index in [1.165, 1.54) is 0 Å². The van der Waals surface area contributed by atoms with Crippen molar-refractivity contribution in [1.82, 2.24) is 4.98 Å². The lowest BCUT2D eigenvalue weighted by Crippen LogP contribution is -2.14. The van der Waals surface area contributed by atoms with E-state index in [2.05, 4.69) is 4.98 Å². The van der Waals surface area contributed by atoms with Crippen molar-refractivity contribution in [1.29, 1.82) is 0 Å². The van der Waals surface area contributed by atoms with Gasteiger partial charge in [0.05, 0.1) is 11.9 Å². The van der Waals surface area contributed by atoms with Gasteiger partial charge in [-0.3, -0.25) is 9.78 Å². The van der Waals surface area contributed by atoms with Gasteiger partial charge in [-0.05, 0) is 23.8 Å². The number of hydrogen-bond acceptors (Lipinski definition) is 3. The minimum absolute atomic E-state index is 0.0637. The van der Waals surface area contributed by atoms with Gasteiger partial charge < -0.3 is 10.8 Å². The zero-order chi connectivity index (χ0) is 11.5. The molecule has 1 atom stereocenters. The highest BCUT2D eigenvalue weighted by Gasteiger charge is 2.10. The minimum Gasteiger partial charge on any atom is -0.481 e. The van der Waals surface area contributed by atoms with Gasteiger partial charge in [0.2, 0.25) is 0 Å². The molecule has 16 heavy (non-hydrogen) atoms. The van der Waals surface area contributed by atoms with Crippen LogP contribution in [0.15, 0.2) is 36.5 Å². The highest BCUT2D eigenvalue weighted by atomic mass is 16.4. The van der Waals surface area contributed by atoms with Crippen molar-refractivity contribution in [3.63, 3.8) is 0 Å².